The van der Waals surface area contributed by atoms with Gasteiger partial charge in [0.2, 0.25) is 5.91 Å². The lowest BCUT2D eigenvalue weighted by Gasteiger charge is -2.44. The quantitative estimate of drug-likeness (QED) is 0.911. The molecule has 2 aromatic rings. The summed E-state index contributed by atoms with van der Waals surface area (Å²) in [5.74, 6) is -0.676. The third-order valence-corrected chi connectivity index (χ3v) is 5.66. The Morgan fingerprint density at radius 3 is 2.60 bits per heavy atom. The maximum Gasteiger partial charge on any atom is 0.335 e. The molecule has 1 aliphatic carbocycles. The fourth-order valence-corrected chi connectivity index (χ4v) is 4.31. The van der Waals surface area contributed by atoms with E-state index in [9.17, 15) is 14.7 Å². The number of nitrogens with zero attached hydrogens (tertiary/aromatic N) is 1. The average Bonchev–Trinajstić information content (AvgIpc) is 2.64. The number of carbonyl (C=O) groups excluding carboxylic acids is 1. The van der Waals surface area contributed by atoms with Crippen LogP contribution in [0.5, 0.6) is 0 Å². The number of carboxylic acids is 1. The molecule has 1 aliphatic heterocycles. The summed E-state index contributed by atoms with van der Waals surface area (Å²) in [4.78, 5) is 26.4. The molecule has 0 aromatic heterocycles. The molecule has 0 unspecified atom stereocenters. The lowest BCUT2D eigenvalue weighted by atomic mass is 9.66. The van der Waals surface area contributed by atoms with E-state index >= 15 is 0 Å². The minimum atomic E-state index is -0.896. The predicted molar refractivity (Wildman–Crippen MR) is 95.9 cm³/mol. The molecule has 0 bridgehead atoms. The van der Waals surface area contributed by atoms with Gasteiger partial charge in [0.15, 0.2) is 0 Å². The fraction of sp³-hybridized carbons (Fsp3) is 0.333. The van der Waals surface area contributed by atoms with Gasteiger partial charge < -0.3 is 10.0 Å². The van der Waals surface area contributed by atoms with Gasteiger partial charge in [-0.2, -0.15) is 0 Å². The number of carbonyl (C=O) groups is 2. The van der Waals surface area contributed by atoms with E-state index in [-0.39, 0.29) is 11.3 Å². The van der Waals surface area contributed by atoms with Crippen molar-refractivity contribution in [1.82, 2.24) is 0 Å². The second-order valence-electron chi connectivity index (χ2n) is 7.14. The van der Waals surface area contributed by atoms with E-state index in [1.54, 1.807) is 12.1 Å². The van der Waals surface area contributed by atoms with Gasteiger partial charge >= 0.3 is 5.97 Å². The number of hydrogen-bond acceptors (Lipinski definition) is 2. The molecule has 1 fully saturated rings. The lowest BCUT2D eigenvalue weighted by Crippen LogP contribution is -2.51. The lowest BCUT2D eigenvalue weighted by molar-refractivity contribution is -0.131. The molecule has 0 radical (unpaired) electrons. The molecule has 4 nitrogen and oxygen atoms in total. The zero-order chi connectivity index (χ0) is 17.4. The minimum absolute atomic E-state index is 0.220. The van der Waals surface area contributed by atoms with Crippen LogP contribution in [0, 0.1) is 5.41 Å². The number of anilines is 1. The zero-order valence-corrected chi connectivity index (χ0v) is 14.1. The Kier molecular flexibility index (Phi) is 3.83. The van der Waals surface area contributed by atoms with Gasteiger partial charge in [0.1, 0.15) is 0 Å². The summed E-state index contributed by atoms with van der Waals surface area (Å²) in [5.41, 5.74) is 3.16. The van der Waals surface area contributed by atoms with Gasteiger partial charge in [0.05, 0.1) is 11.0 Å². The predicted octanol–water partition coefficient (Wildman–Crippen LogP) is 3.69. The van der Waals surface area contributed by atoms with Crippen LogP contribution in [0.2, 0.25) is 0 Å². The Balaban J connectivity index is 1.64. The van der Waals surface area contributed by atoms with Gasteiger partial charge in [-0.3, -0.25) is 4.79 Å². The first kappa shape index (κ1) is 15.9. The molecule has 2 aromatic carbocycles. The molecular formula is C21H21NO3. The zero-order valence-electron chi connectivity index (χ0n) is 14.1. The summed E-state index contributed by atoms with van der Waals surface area (Å²) >= 11 is 0. The van der Waals surface area contributed by atoms with Gasteiger partial charge in [0.25, 0.3) is 0 Å². The molecule has 1 spiro atoms. The van der Waals surface area contributed by atoms with Crippen LogP contribution in [0.4, 0.5) is 5.69 Å². The highest BCUT2D eigenvalue weighted by molar-refractivity contribution is 5.98. The third-order valence-electron chi connectivity index (χ3n) is 5.66. The Labute approximate surface area is 147 Å². The van der Waals surface area contributed by atoms with E-state index < -0.39 is 5.97 Å². The summed E-state index contributed by atoms with van der Waals surface area (Å²) in [7, 11) is 0. The number of amides is 1. The number of aryl methyl sites for hydroxylation is 1. The second kappa shape index (κ2) is 6.03. The van der Waals surface area contributed by atoms with E-state index in [2.05, 4.69) is 0 Å². The third kappa shape index (κ3) is 2.72. The van der Waals surface area contributed by atoms with Gasteiger partial charge in [-0.1, -0.05) is 24.3 Å². The van der Waals surface area contributed by atoms with Crippen molar-refractivity contribution in [3.8, 4) is 0 Å². The van der Waals surface area contributed by atoms with Crippen LogP contribution < -0.4 is 4.90 Å². The molecule has 128 valence electrons. The number of hydrogen-bond donors (Lipinski definition) is 1. The van der Waals surface area contributed by atoms with E-state index in [1.807, 2.05) is 41.3 Å². The van der Waals surface area contributed by atoms with Crippen molar-refractivity contribution in [2.75, 3.05) is 11.4 Å². The van der Waals surface area contributed by atoms with Gasteiger partial charge in [-0.25, -0.2) is 4.79 Å². The Morgan fingerprint density at radius 1 is 1.04 bits per heavy atom. The number of carboxylic acid groups (broad SMARTS) is 1. The van der Waals surface area contributed by atoms with E-state index in [0.29, 0.717) is 12.0 Å². The van der Waals surface area contributed by atoms with Crippen molar-refractivity contribution in [2.24, 2.45) is 5.41 Å². The van der Waals surface area contributed by atoms with Crippen molar-refractivity contribution in [2.45, 2.75) is 32.1 Å². The Bertz CT molecular complexity index is 830. The van der Waals surface area contributed by atoms with Crippen molar-refractivity contribution in [3.05, 3.63) is 65.2 Å². The van der Waals surface area contributed by atoms with Crippen LogP contribution in [0.1, 0.15) is 40.7 Å². The summed E-state index contributed by atoms with van der Waals surface area (Å²) in [6, 6.07) is 15.2. The van der Waals surface area contributed by atoms with Crippen LogP contribution in [-0.2, 0) is 17.6 Å². The first-order chi connectivity index (χ1) is 12.1. The largest absolute Gasteiger partial charge is 0.478 e. The normalized spacial score (nSPS) is 22.7. The van der Waals surface area contributed by atoms with Crippen LogP contribution in [0.25, 0.3) is 0 Å². The summed E-state index contributed by atoms with van der Waals surface area (Å²) in [6.07, 6.45) is 4.19. The molecule has 2 aliphatic rings. The van der Waals surface area contributed by atoms with Crippen molar-refractivity contribution in [3.63, 3.8) is 0 Å². The molecule has 0 saturated carbocycles. The molecule has 4 heteroatoms. The van der Waals surface area contributed by atoms with Crippen LogP contribution >= 0.6 is 0 Å². The van der Waals surface area contributed by atoms with Gasteiger partial charge in [-0.15, -0.1) is 0 Å². The summed E-state index contributed by atoms with van der Waals surface area (Å²) < 4.78 is 0. The fourth-order valence-electron chi connectivity index (χ4n) is 4.31. The molecule has 1 atom stereocenters. The Morgan fingerprint density at radius 2 is 1.84 bits per heavy atom. The molecule has 1 saturated heterocycles. The van der Waals surface area contributed by atoms with E-state index in [1.165, 1.54) is 0 Å². The standard InChI is InChI=1S/C21H21NO3/c23-19(24)16-7-8-17-14-21(11-9-15(17)13-16)10-4-12-22(20(21)25)18-5-2-1-3-6-18/h1-3,5-8,13H,4,9-12,14H2,(H,23,24)/t21-/m0/s1. The first-order valence-corrected chi connectivity index (χ1v) is 8.81. The van der Waals surface area contributed by atoms with Crippen molar-refractivity contribution in [1.29, 1.82) is 0 Å². The van der Waals surface area contributed by atoms with Crippen molar-refractivity contribution >= 4 is 17.6 Å². The number of fused-ring (bicyclic) bond motifs is 1. The van der Waals surface area contributed by atoms with E-state index in [4.69, 9.17) is 0 Å². The average molecular weight is 335 g/mol. The highest BCUT2D eigenvalue weighted by Gasteiger charge is 2.46. The highest BCUT2D eigenvalue weighted by atomic mass is 16.4. The number of para-hydroxylation sites is 1. The molecule has 1 heterocycles. The molecule has 1 N–H and O–H groups in total. The molecule has 4 rings (SSSR count). The number of piperidine rings is 1. The smallest absolute Gasteiger partial charge is 0.335 e. The molecular weight excluding hydrogens is 314 g/mol. The Hall–Kier alpha value is -2.62. The van der Waals surface area contributed by atoms with Crippen molar-refractivity contribution < 1.29 is 14.7 Å². The number of aromatic carboxylic acids is 1. The number of rotatable bonds is 2. The number of benzene rings is 2. The maximum absolute atomic E-state index is 13.3. The summed E-state index contributed by atoms with van der Waals surface area (Å²) in [5, 5.41) is 9.17. The molecule has 25 heavy (non-hydrogen) atoms. The van der Waals surface area contributed by atoms with E-state index in [0.717, 1.165) is 49.0 Å². The second-order valence-corrected chi connectivity index (χ2v) is 7.14. The van der Waals surface area contributed by atoms with Crippen LogP contribution in [0.15, 0.2) is 48.5 Å². The van der Waals surface area contributed by atoms with Gasteiger partial charge in [-0.05, 0) is 67.5 Å². The maximum atomic E-state index is 13.3. The summed E-state index contributed by atoms with van der Waals surface area (Å²) in [6.45, 7) is 0.773. The first-order valence-electron chi connectivity index (χ1n) is 8.81. The highest BCUT2D eigenvalue weighted by Crippen LogP contribution is 2.44. The molecule has 1 amide bonds. The SMILES string of the molecule is O=C(O)c1ccc2c(c1)CC[C@@]1(CCCN(c3ccccc3)C1=O)C2. The van der Waals surface area contributed by atoms with Gasteiger partial charge in [0, 0.05) is 12.2 Å². The topological polar surface area (TPSA) is 57.6 Å². The van der Waals surface area contributed by atoms with Crippen LogP contribution in [-0.4, -0.2) is 23.5 Å². The monoisotopic (exact) mass is 335 g/mol. The van der Waals surface area contributed by atoms with Crippen LogP contribution in [0.3, 0.4) is 0 Å². The minimum Gasteiger partial charge on any atom is -0.478 e.